The van der Waals surface area contributed by atoms with Crippen LogP contribution in [0.15, 0.2) is 36.4 Å². The summed E-state index contributed by atoms with van der Waals surface area (Å²) in [6.07, 6.45) is 2.43. The normalized spacial score (nSPS) is 28.8. The Hall–Kier alpha value is -1.65. The molecular formula is C20H24N2OS. The molecule has 5 rings (SSSR count). The molecule has 1 aromatic heterocycles. The summed E-state index contributed by atoms with van der Waals surface area (Å²) in [4.78, 5) is 17.1. The van der Waals surface area contributed by atoms with Crippen molar-refractivity contribution < 1.29 is 4.79 Å². The molecule has 4 atom stereocenters. The molecule has 0 radical (unpaired) electrons. The van der Waals surface area contributed by atoms with Crippen LogP contribution < -0.4 is 5.32 Å². The Labute approximate surface area is 147 Å². The molecule has 3 unspecified atom stereocenters. The lowest BCUT2D eigenvalue weighted by atomic mass is 9.80. The number of rotatable bonds is 3. The van der Waals surface area contributed by atoms with E-state index in [1.165, 1.54) is 30.5 Å². The fourth-order valence-corrected chi connectivity index (χ4v) is 5.02. The van der Waals surface area contributed by atoms with E-state index in [-0.39, 0.29) is 5.91 Å². The highest BCUT2D eigenvalue weighted by Crippen LogP contribution is 2.33. The molecule has 0 saturated carbocycles. The predicted molar refractivity (Wildman–Crippen MR) is 99.5 cm³/mol. The van der Waals surface area contributed by atoms with Crippen molar-refractivity contribution in [3.8, 4) is 10.4 Å². The van der Waals surface area contributed by atoms with Gasteiger partial charge in [-0.05, 0) is 56.8 Å². The molecule has 3 aliphatic heterocycles. The molecule has 24 heavy (non-hydrogen) atoms. The van der Waals surface area contributed by atoms with Gasteiger partial charge in [0.2, 0.25) is 0 Å². The largest absolute Gasteiger partial charge is 0.347 e. The third-order valence-corrected chi connectivity index (χ3v) is 6.64. The minimum Gasteiger partial charge on any atom is -0.347 e. The third-order valence-electron chi connectivity index (χ3n) is 5.50. The predicted octanol–water partition coefficient (Wildman–Crippen LogP) is 3.94. The second-order valence-electron chi connectivity index (χ2n) is 7.24. The number of carbonyl (C=O) groups is 1. The molecule has 1 N–H and O–H groups in total. The Balaban J connectivity index is 1.46. The SMILES string of the molecule is Cc1cccc(-c2ccc(C(=O)N[C@H]3CN4CCC3CC4C)s2)c1. The average Bonchev–Trinajstić information content (AvgIpc) is 3.06. The molecule has 2 bridgehead atoms. The monoisotopic (exact) mass is 340 g/mol. The summed E-state index contributed by atoms with van der Waals surface area (Å²) in [5.41, 5.74) is 2.43. The Morgan fingerprint density at radius 2 is 2.17 bits per heavy atom. The van der Waals surface area contributed by atoms with Crippen molar-refractivity contribution in [2.24, 2.45) is 5.92 Å². The average molecular weight is 340 g/mol. The summed E-state index contributed by atoms with van der Waals surface area (Å²) in [6.45, 7) is 6.60. The number of aryl methyl sites for hydroxylation is 1. The molecule has 4 heterocycles. The third kappa shape index (κ3) is 3.01. The zero-order valence-electron chi connectivity index (χ0n) is 14.3. The van der Waals surface area contributed by atoms with Crippen LogP contribution in [0.5, 0.6) is 0 Å². The van der Waals surface area contributed by atoms with Crippen LogP contribution in [0.3, 0.4) is 0 Å². The van der Waals surface area contributed by atoms with Crippen LogP contribution in [0.4, 0.5) is 0 Å². The van der Waals surface area contributed by atoms with Crippen LogP contribution in [0.25, 0.3) is 10.4 Å². The molecule has 3 saturated heterocycles. The lowest BCUT2D eigenvalue weighted by Crippen LogP contribution is -2.60. The first kappa shape index (κ1) is 15.9. The number of carbonyl (C=O) groups excluding carboxylic acids is 1. The molecule has 3 fully saturated rings. The zero-order valence-corrected chi connectivity index (χ0v) is 15.1. The number of fused-ring (bicyclic) bond motifs is 3. The highest BCUT2D eigenvalue weighted by atomic mass is 32.1. The Bertz CT molecular complexity index is 754. The first-order valence-electron chi connectivity index (χ1n) is 8.82. The van der Waals surface area contributed by atoms with Gasteiger partial charge in [0.05, 0.1) is 4.88 Å². The highest BCUT2D eigenvalue weighted by molar-refractivity contribution is 7.17. The number of nitrogens with zero attached hydrogens (tertiary/aromatic N) is 1. The van der Waals surface area contributed by atoms with Crippen LogP contribution >= 0.6 is 11.3 Å². The van der Waals surface area contributed by atoms with Gasteiger partial charge >= 0.3 is 0 Å². The second kappa shape index (κ2) is 6.34. The van der Waals surface area contributed by atoms with E-state index in [1.807, 2.05) is 6.07 Å². The van der Waals surface area contributed by atoms with E-state index in [0.717, 1.165) is 16.3 Å². The maximum Gasteiger partial charge on any atom is 0.261 e. The number of hydrogen-bond donors (Lipinski definition) is 1. The summed E-state index contributed by atoms with van der Waals surface area (Å²) >= 11 is 1.59. The topological polar surface area (TPSA) is 32.3 Å². The highest BCUT2D eigenvalue weighted by Gasteiger charge is 2.38. The maximum atomic E-state index is 12.7. The lowest BCUT2D eigenvalue weighted by molar-refractivity contribution is 0.0275. The van der Waals surface area contributed by atoms with Crippen molar-refractivity contribution in [3.05, 3.63) is 46.8 Å². The molecule has 0 spiro atoms. The van der Waals surface area contributed by atoms with E-state index in [0.29, 0.717) is 18.0 Å². The molecule has 0 aliphatic carbocycles. The van der Waals surface area contributed by atoms with Crippen LogP contribution in [-0.2, 0) is 0 Å². The van der Waals surface area contributed by atoms with Crippen molar-refractivity contribution in [2.75, 3.05) is 13.1 Å². The van der Waals surface area contributed by atoms with E-state index < -0.39 is 0 Å². The van der Waals surface area contributed by atoms with Crippen molar-refractivity contribution >= 4 is 17.2 Å². The van der Waals surface area contributed by atoms with Gasteiger partial charge < -0.3 is 5.32 Å². The van der Waals surface area contributed by atoms with Crippen LogP contribution in [-0.4, -0.2) is 36.0 Å². The number of nitrogens with one attached hydrogen (secondary N) is 1. The minimum absolute atomic E-state index is 0.0882. The van der Waals surface area contributed by atoms with E-state index in [1.54, 1.807) is 11.3 Å². The standard InChI is InChI=1S/C20H24N2OS/c1-13-4-3-5-16(10-13)18-6-7-19(24-18)20(23)21-17-12-22-9-8-15(17)11-14(22)2/h3-7,10,14-15,17H,8-9,11-12H2,1-2H3,(H,21,23)/t14?,15?,17-/m0/s1. The zero-order chi connectivity index (χ0) is 16.7. The first-order valence-corrected chi connectivity index (χ1v) is 9.63. The number of thiophene rings is 1. The molecular weight excluding hydrogens is 316 g/mol. The van der Waals surface area contributed by atoms with Gasteiger partial charge in [0, 0.05) is 23.5 Å². The maximum absolute atomic E-state index is 12.7. The van der Waals surface area contributed by atoms with Gasteiger partial charge in [-0.3, -0.25) is 9.69 Å². The van der Waals surface area contributed by atoms with Gasteiger partial charge in [0.25, 0.3) is 5.91 Å². The van der Waals surface area contributed by atoms with Gasteiger partial charge in [-0.1, -0.05) is 29.8 Å². The number of benzene rings is 1. The van der Waals surface area contributed by atoms with Crippen molar-refractivity contribution in [1.29, 1.82) is 0 Å². The van der Waals surface area contributed by atoms with Gasteiger partial charge in [0.15, 0.2) is 0 Å². The van der Waals surface area contributed by atoms with E-state index in [4.69, 9.17) is 0 Å². The smallest absolute Gasteiger partial charge is 0.261 e. The summed E-state index contributed by atoms with van der Waals surface area (Å²) in [5, 5.41) is 3.29. The fraction of sp³-hybridized carbons (Fsp3) is 0.450. The summed E-state index contributed by atoms with van der Waals surface area (Å²) in [7, 11) is 0. The summed E-state index contributed by atoms with van der Waals surface area (Å²) < 4.78 is 0. The molecule has 4 heteroatoms. The Morgan fingerprint density at radius 1 is 1.29 bits per heavy atom. The Kier molecular flexibility index (Phi) is 4.19. The molecule has 1 aromatic carbocycles. The molecule has 3 nitrogen and oxygen atoms in total. The minimum atomic E-state index is 0.0882. The summed E-state index contributed by atoms with van der Waals surface area (Å²) in [5.74, 6) is 0.732. The lowest BCUT2D eigenvalue weighted by Gasteiger charge is -2.48. The van der Waals surface area contributed by atoms with E-state index in [2.05, 4.69) is 54.4 Å². The Morgan fingerprint density at radius 3 is 2.88 bits per heavy atom. The summed E-state index contributed by atoms with van der Waals surface area (Å²) in [6, 6.07) is 13.4. The number of piperidine rings is 3. The fourth-order valence-electron chi connectivity index (χ4n) is 4.11. The van der Waals surface area contributed by atoms with E-state index in [9.17, 15) is 4.79 Å². The molecule has 1 amide bonds. The quantitative estimate of drug-likeness (QED) is 0.918. The first-order chi connectivity index (χ1) is 11.6. The number of hydrogen-bond acceptors (Lipinski definition) is 3. The second-order valence-corrected chi connectivity index (χ2v) is 8.33. The van der Waals surface area contributed by atoms with Gasteiger partial charge in [0.1, 0.15) is 0 Å². The van der Waals surface area contributed by atoms with Gasteiger partial charge in [-0.2, -0.15) is 0 Å². The van der Waals surface area contributed by atoms with Crippen LogP contribution in [0.1, 0.15) is 35.0 Å². The molecule has 2 aromatic rings. The molecule has 3 aliphatic rings. The molecule has 126 valence electrons. The van der Waals surface area contributed by atoms with Crippen molar-refractivity contribution in [2.45, 2.75) is 38.8 Å². The number of amides is 1. The van der Waals surface area contributed by atoms with Gasteiger partial charge in [-0.25, -0.2) is 0 Å². The van der Waals surface area contributed by atoms with Crippen molar-refractivity contribution in [1.82, 2.24) is 10.2 Å². The van der Waals surface area contributed by atoms with Crippen molar-refractivity contribution in [3.63, 3.8) is 0 Å². The van der Waals surface area contributed by atoms with E-state index >= 15 is 0 Å². The van der Waals surface area contributed by atoms with Crippen LogP contribution in [0.2, 0.25) is 0 Å². The van der Waals surface area contributed by atoms with Gasteiger partial charge in [-0.15, -0.1) is 11.3 Å². The van der Waals surface area contributed by atoms with Crippen LogP contribution in [0, 0.1) is 12.8 Å².